The van der Waals surface area contributed by atoms with Crippen LogP contribution in [0.3, 0.4) is 0 Å². The van der Waals surface area contributed by atoms with E-state index in [9.17, 15) is 9.18 Å². The van der Waals surface area contributed by atoms with Crippen LogP contribution in [0, 0.1) is 11.7 Å². The number of amidine groups is 1. The van der Waals surface area contributed by atoms with Crippen LogP contribution >= 0.6 is 0 Å². The first-order chi connectivity index (χ1) is 15.3. The number of urea groups is 1. The van der Waals surface area contributed by atoms with Gasteiger partial charge in [-0.3, -0.25) is 4.90 Å². The third-order valence-electron chi connectivity index (χ3n) is 8.43. The van der Waals surface area contributed by atoms with Crippen LogP contribution in [0.4, 0.5) is 14.9 Å². The van der Waals surface area contributed by atoms with Crippen LogP contribution in [-0.2, 0) is 0 Å². The fourth-order valence-corrected chi connectivity index (χ4v) is 9.37. The Labute approximate surface area is 192 Å². The topological polar surface area (TPSA) is 47.9 Å². The number of rotatable bonds is 4. The summed E-state index contributed by atoms with van der Waals surface area (Å²) in [5.74, 6) is 1.34. The molecule has 174 valence electrons. The number of halogens is 1. The molecule has 1 spiro atoms. The second kappa shape index (κ2) is 8.24. The van der Waals surface area contributed by atoms with Gasteiger partial charge in [-0.05, 0) is 69.2 Å². The first-order valence-electron chi connectivity index (χ1n) is 12.5. The Hall–Kier alpha value is -1.73. The second-order valence-electron chi connectivity index (χ2n) is 11.4. The van der Waals surface area contributed by atoms with Gasteiger partial charge < -0.3 is 10.2 Å². The maximum absolute atomic E-state index is 14.1. The summed E-state index contributed by atoms with van der Waals surface area (Å²) in [5.41, 5.74) is 0.116. The van der Waals surface area contributed by atoms with Crippen LogP contribution in [0.2, 0.25) is 25.2 Å². The van der Waals surface area contributed by atoms with Crippen LogP contribution in [0.1, 0.15) is 45.4 Å². The predicted molar refractivity (Wildman–Crippen MR) is 131 cm³/mol. The first-order valence-corrected chi connectivity index (χ1v) is 15.9. The highest BCUT2D eigenvalue weighted by molar-refractivity contribution is 6.78. The van der Waals surface area contributed by atoms with E-state index in [2.05, 4.69) is 35.2 Å². The lowest BCUT2D eigenvalue weighted by Gasteiger charge is -2.49. The van der Waals surface area contributed by atoms with E-state index in [1.54, 1.807) is 11.0 Å². The fourth-order valence-electron chi connectivity index (χ4n) is 6.40. The zero-order chi connectivity index (χ0) is 22.5. The van der Waals surface area contributed by atoms with Crippen molar-refractivity contribution in [2.45, 2.75) is 88.3 Å². The predicted octanol–water partition coefficient (Wildman–Crippen LogP) is 5.26. The Morgan fingerprint density at radius 1 is 1.28 bits per heavy atom. The minimum Gasteiger partial charge on any atom is -0.369 e. The van der Waals surface area contributed by atoms with Gasteiger partial charge in [-0.1, -0.05) is 31.6 Å². The number of aliphatic imine (C=N–C) groups is 1. The van der Waals surface area contributed by atoms with Gasteiger partial charge in [0.1, 0.15) is 17.2 Å². The first kappa shape index (κ1) is 22.1. The average molecular weight is 457 g/mol. The highest BCUT2D eigenvalue weighted by Crippen LogP contribution is 2.42. The third kappa shape index (κ3) is 4.02. The molecule has 1 aromatic carbocycles. The van der Waals surface area contributed by atoms with Crippen molar-refractivity contribution in [3.8, 4) is 0 Å². The molecule has 1 aromatic rings. The number of piperidine rings is 1. The van der Waals surface area contributed by atoms with E-state index in [4.69, 9.17) is 0 Å². The molecule has 4 aliphatic rings. The van der Waals surface area contributed by atoms with Crippen LogP contribution in [-0.4, -0.2) is 55.6 Å². The Morgan fingerprint density at radius 3 is 2.72 bits per heavy atom. The van der Waals surface area contributed by atoms with Gasteiger partial charge in [-0.25, -0.2) is 9.18 Å². The highest BCUT2D eigenvalue weighted by Gasteiger charge is 2.54. The van der Waals surface area contributed by atoms with Gasteiger partial charge in [0.05, 0.1) is 0 Å². The molecule has 3 heterocycles. The number of anilines is 1. The van der Waals surface area contributed by atoms with E-state index in [1.807, 2.05) is 6.07 Å². The summed E-state index contributed by atoms with van der Waals surface area (Å²) in [6.07, 6.45) is 6.88. The standard InChI is InChI=1S/C25H37FN4OSi/c1-18-15-25(11-12-29(18)16-19-6-4-7-19)23(27-21-10-13-32(2,3)17-21)28-24(31)30(25)22-9-5-8-20(26)14-22/h5,8-9,14,18-19,21H,4,6-7,10-13,15-17H2,1-3H3,(H,27,28,31)/t18-,21-,25?/m0/s1. The maximum Gasteiger partial charge on any atom is 0.350 e. The van der Waals surface area contributed by atoms with Gasteiger partial charge in [0, 0.05) is 38.9 Å². The van der Waals surface area contributed by atoms with E-state index < -0.39 is 13.6 Å². The Balaban J connectivity index is 1.43. The second-order valence-corrected chi connectivity index (χ2v) is 16.7. The number of hydrogen-bond donors (Lipinski definition) is 1. The number of nitrogens with zero attached hydrogens (tertiary/aromatic N) is 3. The molecule has 0 bridgehead atoms. The van der Waals surface area contributed by atoms with Crippen molar-refractivity contribution in [1.82, 2.24) is 10.2 Å². The summed E-state index contributed by atoms with van der Waals surface area (Å²) < 4.78 is 14.1. The number of carbonyl (C=O) groups excluding carboxylic acids is 1. The van der Waals surface area contributed by atoms with E-state index in [0.717, 1.165) is 44.1 Å². The molecule has 3 fully saturated rings. The molecule has 5 nitrogen and oxygen atoms in total. The Kier molecular flexibility index (Phi) is 5.69. The Bertz CT molecular complexity index is 917. The number of nitrogens with one attached hydrogen (secondary N) is 1. The molecule has 32 heavy (non-hydrogen) atoms. The van der Waals surface area contributed by atoms with Crippen molar-refractivity contribution >= 4 is 25.6 Å². The van der Waals surface area contributed by atoms with Crippen molar-refractivity contribution in [3.63, 3.8) is 0 Å². The molecule has 0 radical (unpaired) electrons. The summed E-state index contributed by atoms with van der Waals surface area (Å²) in [6.45, 7) is 9.30. The summed E-state index contributed by atoms with van der Waals surface area (Å²) in [6, 6.07) is 9.49. The lowest BCUT2D eigenvalue weighted by Crippen LogP contribution is -2.64. The molecule has 5 rings (SSSR count). The van der Waals surface area contributed by atoms with Crippen LogP contribution in [0.15, 0.2) is 29.3 Å². The summed E-state index contributed by atoms with van der Waals surface area (Å²) in [4.78, 5) is 22.2. The van der Waals surface area contributed by atoms with Crippen molar-refractivity contribution in [2.75, 3.05) is 18.0 Å². The third-order valence-corrected chi connectivity index (χ3v) is 11.7. The maximum atomic E-state index is 14.1. The fraction of sp³-hybridized carbons (Fsp3) is 0.680. The molecule has 1 saturated carbocycles. The summed E-state index contributed by atoms with van der Waals surface area (Å²) in [5, 5.41) is 3.75. The van der Waals surface area contributed by atoms with Crippen molar-refractivity contribution < 1.29 is 9.18 Å². The molecule has 7 heteroatoms. The smallest absolute Gasteiger partial charge is 0.350 e. The molecule has 2 saturated heterocycles. The van der Waals surface area contributed by atoms with Gasteiger partial charge in [-0.2, -0.15) is 4.99 Å². The van der Waals surface area contributed by atoms with Crippen molar-refractivity contribution in [1.29, 1.82) is 0 Å². The largest absolute Gasteiger partial charge is 0.369 e. The zero-order valence-electron chi connectivity index (χ0n) is 19.7. The van der Waals surface area contributed by atoms with Crippen LogP contribution in [0.5, 0.6) is 0 Å². The monoisotopic (exact) mass is 456 g/mol. The summed E-state index contributed by atoms with van der Waals surface area (Å²) >= 11 is 0. The molecule has 1 N–H and O–H groups in total. The molecule has 1 unspecified atom stereocenters. The van der Waals surface area contributed by atoms with E-state index in [1.165, 1.54) is 43.5 Å². The van der Waals surface area contributed by atoms with Gasteiger partial charge in [0.2, 0.25) is 0 Å². The number of amides is 2. The van der Waals surface area contributed by atoms with Gasteiger partial charge >= 0.3 is 6.03 Å². The number of hydrogen-bond acceptors (Lipinski definition) is 3. The molecular formula is C25H37FN4OSi. The number of carbonyl (C=O) groups is 1. The van der Waals surface area contributed by atoms with E-state index in [-0.39, 0.29) is 11.8 Å². The van der Waals surface area contributed by atoms with E-state index >= 15 is 0 Å². The average Bonchev–Trinajstić information content (AvgIpc) is 3.16. The Morgan fingerprint density at radius 2 is 2.09 bits per heavy atom. The van der Waals surface area contributed by atoms with Crippen molar-refractivity contribution in [3.05, 3.63) is 30.1 Å². The van der Waals surface area contributed by atoms with Gasteiger partial charge in [0.15, 0.2) is 0 Å². The van der Waals surface area contributed by atoms with Crippen LogP contribution in [0.25, 0.3) is 0 Å². The molecule has 1 aliphatic carbocycles. The van der Waals surface area contributed by atoms with Crippen LogP contribution < -0.4 is 10.2 Å². The van der Waals surface area contributed by atoms with Crippen molar-refractivity contribution in [2.24, 2.45) is 10.9 Å². The normalized spacial score (nSPS) is 32.9. The molecule has 3 atom stereocenters. The van der Waals surface area contributed by atoms with Gasteiger partial charge in [-0.15, -0.1) is 0 Å². The zero-order valence-corrected chi connectivity index (χ0v) is 20.7. The minimum absolute atomic E-state index is 0.257. The number of likely N-dealkylation sites (tertiary alicyclic amines) is 1. The quantitative estimate of drug-likeness (QED) is 0.629. The number of benzene rings is 1. The molecule has 0 aromatic heterocycles. The minimum atomic E-state index is -1.16. The van der Waals surface area contributed by atoms with E-state index in [0.29, 0.717) is 17.8 Å². The SMILES string of the molecule is C[C@H]1CC2(CCN1CC1CCC1)C(N[C@H]1CC[Si](C)(C)C1)=NC(=O)N2c1cccc(F)c1. The lowest BCUT2D eigenvalue weighted by molar-refractivity contribution is 0.0899. The molecule has 3 aliphatic heterocycles. The summed E-state index contributed by atoms with van der Waals surface area (Å²) in [7, 11) is -1.16. The molecular weight excluding hydrogens is 419 g/mol. The lowest BCUT2D eigenvalue weighted by atomic mass is 9.79. The molecule has 2 amide bonds. The van der Waals surface area contributed by atoms with Gasteiger partial charge in [0.25, 0.3) is 0 Å². The highest BCUT2D eigenvalue weighted by atomic mass is 28.3.